The highest BCUT2D eigenvalue weighted by atomic mass is 16.5. The van der Waals surface area contributed by atoms with Crippen molar-refractivity contribution in [3.05, 3.63) is 30.3 Å². The molecular formula is C17H24N4O2. The van der Waals surface area contributed by atoms with Crippen molar-refractivity contribution in [2.45, 2.75) is 11.6 Å². The number of carbonyl (C=O) groups excluding carboxylic acids is 1. The van der Waals surface area contributed by atoms with Crippen molar-refractivity contribution >= 4 is 11.7 Å². The standard InChI is InChI=1S/C17H24N4O2/c1-19-11-17(12-19)13-20(9-15-10-23-8-7-21(15)17)16(22)18-14-5-3-2-4-6-14/h2-6,15H,7-13H2,1H3,(H,18,22). The lowest BCUT2D eigenvalue weighted by Crippen LogP contribution is -2.80. The summed E-state index contributed by atoms with van der Waals surface area (Å²) in [5, 5.41) is 3.02. The van der Waals surface area contributed by atoms with Crippen LogP contribution in [0.15, 0.2) is 30.3 Å². The fourth-order valence-corrected chi connectivity index (χ4v) is 4.31. The van der Waals surface area contributed by atoms with Crippen molar-refractivity contribution in [3.63, 3.8) is 0 Å². The van der Waals surface area contributed by atoms with Gasteiger partial charge in [0.1, 0.15) is 0 Å². The van der Waals surface area contributed by atoms with Crippen LogP contribution in [0.3, 0.4) is 0 Å². The minimum absolute atomic E-state index is 0.00430. The number of nitrogens with zero attached hydrogens (tertiary/aromatic N) is 3. The maximum Gasteiger partial charge on any atom is 0.321 e. The molecule has 1 spiro atoms. The highest BCUT2D eigenvalue weighted by Crippen LogP contribution is 2.34. The average molecular weight is 316 g/mol. The Hall–Kier alpha value is -1.63. The van der Waals surface area contributed by atoms with E-state index in [2.05, 4.69) is 22.2 Å². The maximum atomic E-state index is 12.7. The first-order valence-electron chi connectivity index (χ1n) is 8.30. The van der Waals surface area contributed by atoms with Crippen LogP contribution in [0.25, 0.3) is 0 Å². The van der Waals surface area contributed by atoms with Gasteiger partial charge in [0.05, 0.1) is 24.8 Å². The molecule has 124 valence electrons. The Kier molecular flexibility index (Phi) is 3.75. The Bertz CT molecular complexity index is 573. The number of nitrogens with one attached hydrogen (secondary N) is 1. The summed E-state index contributed by atoms with van der Waals surface area (Å²) in [5.74, 6) is 0. The number of benzene rings is 1. The number of fused-ring (bicyclic) bond motifs is 2. The number of amides is 2. The van der Waals surface area contributed by atoms with Crippen LogP contribution < -0.4 is 5.32 Å². The van der Waals surface area contributed by atoms with Gasteiger partial charge in [-0.3, -0.25) is 4.90 Å². The normalized spacial score (nSPS) is 27.3. The number of likely N-dealkylation sites (tertiary alicyclic amines) is 1. The predicted molar refractivity (Wildman–Crippen MR) is 88.6 cm³/mol. The monoisotopic (exact) mass is 316 g/mol. The molecule has 6 heteroatoms. The van der Waals surface area contributed by atoms with Gasteiger partial charge in [-0.25, -0.2) is 4.79 Å². The molecule has 0 saturated carbocycles. The number of urea groups is 1. The molecule has 2 amide bonds. The van der Waals surface area contributed by atoms with E-state index in [1.54, 1.807) is 0 Å². The molecule has 6 nitrogen and oxygen atoms in total. The minimum atomic E-state index is -0.00430. The number of morpholine rings is 1. The van der Waals surface area contributed by atoms with E-state index < -0.39 is 0 Å². The Morgan fingerprint density at radius 2 is 2.04 bits per heavy atom. The molecule has 0 bridgehead atoms. The van der Waals surface area contributed by atoms with E-state index in [-0.39, 0.29) is 11.6 Å². The SMILES string of the molecule is CN1CC2(C1)CN(C(=O)Nc1ccccc1)CC1COCCN12. The summed E-state index contributed by atoms with van der Waals surface area (Å²) < 4.78 is 5.66. The van der Waals surface area contributed by atoms with Gasteiger partial charge >= 0.3 is 6.03 Å². The number of anilines is 1. The minimum Gasteiger partial charge on any atom is -0.378 e. The molecule has 3 heterocycles. The lowest BCUT2D eigenvalue weighted by atomic mass is 9.83. The molecule has 3 aliphatic rings. The van der Waals surface area contributed by atoms with Crippen LogP contribution in [0.2, 0.25) is 0 Å². The molecule has 0 aliphatic carbocycles. The number of para-hydroxylation sites is 1. The first kappa shape index (κ1) is 14.9. The number of carbonyl (C=O) groups is 1. The van der Waals surface area contributed by atoms with Crippen LogP contribution in [-0.2, 0) is 4.74 Å². The summed E-state index contributed by atoms with van der Waals surface area (Å²) >= 11 is 0. The quantitative estimate of drug-likeness (QED) is 0.837. The molecule has 1 N–H and O–H groups in total. The zero-order valence-corrected chi connectivity index (χ0v) is 13.6. The third-order valence-electron chi connectivity index (χ3n) is 5.19. The molecule has 4 rings (SSSR count). The van der Waals surface area contributed by atoms with Gasteiger partial charge in [0.2, 0.25) is 0 Å². The van der Waals surface area contributed by atoms with Gasteiger partial charge in [0.15, 0.2) is 0 Å². The summed E-state index contributed by atoms with van der Waals surface area (Å²) in [6, 6.07) is 9.97. The first-order valence-corrected chi connectivity index (χ1v) is 8.30. The summed E-state index contributed by atoms with van der Waals surface area (Å²) in [6.45, 7) is 6.10. The van der Waals surface area contributed by atoms with Gasteiger partial charge in [-0.15, -0.1) is 0 Å². The largest absolute Gasteiger partial charge is 0.378 e. The fourth-order valence-electron chi connectivity index (χ4n) is 4.31. The number of hydrogen-bond donors (Lipinski definition) is 1. The van der Waals surface area contributed by atoms with Gasteiger partial charge in [-0.2, -0.15) is 0 Å². The number of ether oxygens (including phenoxy) is 1. The van der Waals surface area contributed by atoms with Gasteiger partial charge in [0.25, 0.3) is 0 Å². The van der Waals surface area contributed by atoms with Crippen molar-refractivity contribution in [2.24, 2.45) is 0 Å². The summed E-state index contributed by atoms with van der Waals surface area (Å²) in [4.78, 5) is 19.6. The smallest absolute Gasteiger partial charge is 0.321 e. The van der Waals surface area contributed by atoms with E-state index in [0.29, 0.717) is 6.04 Å². The highest BCUT2D eigenvalue weighted by Gasteiger charge is 2.53. The fraction of sp³-hybridized carbons (Fsp3) is 0.588. The van der Waals surface area contributed by atoms with Gasteiger partial charge in [-0.05, 0) is 19.2 Å². The Morgan fingerprint density at radius 1 is 1.26 bits per heavy atom. The average Bonchev–Trinajstić information content (AvgIpc) is 2.54. The number of piperazine rings is 1. The van der Waals surface area contributed by atoms with Crippen LogP contribution in [-0.4, -0.2) is 85.3 Å². The molecule has 1 unspecified atom stereocenters. The number of hydrogen-bond acceptors (Lipinski definition) is 4. The second-order valence-electron chi connectivity index (χ2n) is 7.00. The number of likely N-dealkylation sites (N-methyl/N-ethyl adjacent to an activating group) is 1. The van der Waals surface area contributed by atoms with Crippen LogP contribution in [0.4, 0.5) is 10.5 Å². The molecule has 3 saturated heterocycles. The van der Waals surface area contributed by atoms with E-state index in [1.807, 2.05) is 35.2 Å². The Morgan fingerprint density at radius 3 is 2.78 bits per heavy atom. The van der Waals surface area contributed by atoms with Gasteiger partial charge in [0, 0.05) is 38.4 Å². The summed E-state index contributed by atoms with van der Waals surface area (Å²) in [6.07, 6.45) is 0. The van der Waals surface area contributed by atoms with Crippen LogP contribution in [0, 0.1) is 0 Å². The lowest BCUT2D eigenvalue weighted by Gasteiger charge is -2.62. The first-order chi connectivity index (χ1) is 11.2. The van der Waals surface area contributed by atoms with Crippen molar-refractivity contribution < 1.29 is 9.53 Å². The van der Waals surface area contributed by atoms with Crippen LogP contribution in [0.1, 0.15) is 0 Å². The number of rotatable bonds is 1. The zero-order valence-electron chi connectivity index (χ0n) is 13.6. The summed E-state index contributed by atoms with van der Waals surface area (Å²) in [7, 11) is 2.14. The molecule has 23 heavy (non-hydrogen) atoms. The molecule has 1 atom stereocenters. The second kappa shape index (κ2) is 5.78. The van der Waals surface area contributed by atoms with Crippen molar-refractivity contribution in [1.82, 2.24) is 14.7 Å². The Balaban J connectivity index is 1.50. The van der Waals surface area contributed by atoms with E-state index in [0.717, 1.165) is 51.6 Å². The molecule has 3 fully saturated rings. The van der Waals surface area contributed by atoms with Crippen molar-refractivity contribution in [3.8, 4) is 0 Å². The lowest BCUT2D eigenvalue weighted by molar-refractivity contribution is -0.151. The topological polar surface area (TPSA) is 48.1 Å². The molecule has 0 aromatic heterocycles. The molecule has 1 aromatic carbocycles. The molecule has 0 radical (unpaired) electrons. The van der Waals surface area contributed by atoms with E-state index in [9.17, 15) is 4.79 Å². The molecule has 3 aliphatic heterocycles. The van der Waals surface area contributed by atoms with Crippen molar-refractivity contribution in [1.29, 1.82) is 0 Å². The van der Waals surface area contributed by atoms with Crippen LogP contribution in [0.5, 0.6) is 0 Å². The molecule has 1 aromatic rings. The van der Waals surface area contributed by atoms with Gasteiger partial charge in [-0.1, -0.05) is 18.2 Å². The third kappa shape index (κ3) is 2.71. The van der Waals surface area contributed by atoms with Gasteiger partial charge < -0.3 is 19.9 Å². The van der Waals surface area contributed by atoms with Crippen LogP contribution >= 0.6 is 0 Å². The highest BCUT2D eigenvalue weighted by molar-refractivity contribution is 5.89. The zero-order chi connectivity index (χ0) is 15.9. The van der Waals surface area contributed by atoms with E-state index in [1.165, 1.54) is 0 Å². The van der Waals surface area contributed by atoms with Crippen molar-refractivity contribution in [2.75, 3.05) is 58.3 Å². The molecular weight excluding hydrogens is 292 g/mol. The predicted octanol–water partition coefficient (Wildman–Crippen LogP) is 0.919. The van der Waals surface area contributed by atoms with E-state index in [4.69, 9.17) is 4.74 Å². The van der Waals surface area contributed by atoms with E-state index >= 15 is 0 Å². The Labute approximate surface area is 137 Å². The summed E-state index contributed by atoms with van der Waals surface area (Å²) in [5.41, 5.74) is 0.953. The third-order valence-corrected chi connectivity index (χ3v) is 5.19. The second-order valence-corrected chi connectivity index (χ2v) is 7.00. The maximum absolute atomic E-state index is 12.7.